The number of hydrogen-bond acceptors (Lipinski definition) is 3. The second-order valence-electron chi connectivity index (χ2n) is 4.62. The minimum absolute atomic E-state index is 0.145. The molecule has 0 saturated heterocycles. The number of carbonyl (C=O) groups is 1. The van der Waals surface area contributed by atoms with Gasteiger partial charge < -0.3 is 11.5 Å². The molecule has 19 heavy (non-hydrogen) atoms. The van der Waals surface area contributed by atoms with Crippen LogP contribution in [0.4, 0.5) is 4.39 Å². The van der Waals surface area contributed by atoms with Crippen LogP contribution in [0.2, 0.25) is 0 Å². The first-order chi connectivity index (χ1) is 9.08. The zero-order valence-electron chi connectivity index (χ0n) is 11.4. The summed E-state index contributed by atoms with van der Waals surface area (Å²) >= 11 is 0. The van der Waals surface area contributed by atoms with Crippen LogP contribution in [0.3, 0.4) is 0 Å². The van der Waals surface area contributed by atoms with Crippen molar-refractivity contribution in [2.45, 2.75) is 32.9 Å². The van der Waals surface area contributed by atoms with Crippen LogP contribution in [0.1, 0.15) is 30.9 Å². The monoisotopic (exact) mass is 267 g/mol. The molecule has 1 aromatic rings. The summed E-state index contributed by atoms with van der Waals surface area (Å²) in [5.41, 5.74) is 11.8. The third-order valence-electron chi connectivity index (χ3n) is 2.98. The molecule has 106 valence electrons. The first-order valence-corrected chi connectivity index (χ1v) is 6.55. The van der Waals surface area contributed by atoms with Gasteiger partial charge in [0.05, 0.1) is 6.54 Å². The van der Waals surface area contributed by atoms with Crippen molar-refractivity contribution >= 4 is 5.91 Å². The van der Waals surface area contributed by atoms with Crippen molar-refractivity contribution in [3.63, 3.8) is 0 Å². The highest BCUT2D eigenvalue weighted by atomic mass is 19.1. The highest BCUT2D eigenvalue weighted by Crippen LogP contribution is 2.15. The lowest BCUT2D eigenvalue weighted by Crippen LogP contribution is -2.34. The minimum atomic E-state index is -0.397. The molecule has 1 rings (SSSR count). The minimum Gasteiger partial charge on any atom is -0.369 e. The van der Waals surface area contributed by atoms with Gasteiger partial charge in [0.15, 0.2) is 0 Å². The predicted octanol–water partition coefficient (Wildman–Crippen LogP) is 1.37. The molecule has 4 nitrogen and oxygen atoms in total. The van der Waals surface area contributed by atoms with Gasteiger partial charge >= 0.3 is 0 Å². The number of amides is 1. The van der Waals surface area contributed by atoms with Crippen molar-refractivity contribution in [1.82, 2.24) is 4.90 Å². The van der Waals surface area contributed by atoms with Gasteiger partial charge in [0.25, 0.3) is 0 Å². The highest BCUT2D eigenvalue weighted by Gasteiger charge is 2.13. The van der Waals surface area contributed by atoms with Crippen LogP contribution < -0.4 is 11.5 Å². The van der Waals surface area contributed by atoms with Gasteiger partial charge in [0.1, 0.15) is 5.82 Å². The summed E-state index contributed by atoms with van der Waals surface area (Å²) in [5, 5.41) is 0. The normalized spacial score (nSPS) is 10.9. The molecule has 0 aliphatic heterocycles. The van der Waals surface area contributed by atoms with E-state index in [2.05, 4.69) is 6.92 Å². The number of rotatable bonds is 8. The summed E-state index contributed by atoms with van der Waals surface area (Å²) in [5.74, 6) is -0.678. The summed E-state index contributed by atoms with van der Waals surface area (Å²) in [6.07, 6.45) is 1.96. The number of halogens is 1. The molecule has 0 unspecified atom stereocenters. The zero-order valence-corrected chi connectivity index (χ0v) is 11.4. The Morgan fingerprint density at radius 3 is 2.63 bits per heavy atom. The molecule has 0 radical (unpaired) electrons. The maximum Gasteiger partial charge on any atom is 0.231 e. The van der Waals surface area contributed by atoms with Gasteiger partial charge in [-0.3, -0.25) is 9.69 Å². The number of nitrogens with zero attached hydrogens (tertiary/aromatic N) is 1. The molecule has 0 aliphatic carbocycles. The molecule has 0 bridgehead atoms. The van der Waals surface area contributed by atoms with E-state index in [0.29, 0.717) is 17.7 Å². The predicted molar refractivity (Wildman–Crippen MR) is 73.7 cm³/mol. The van der Waals surface area contributed by atoms with Gasteiger partial charge in [0.2, 0.25) is 5.91 Å². The molecule has 0 atom stereocenters. The van der Waals surface area contributed by atoms with Crippen molar-refractivity contribution in [3.05, 3.63) is 35.1 Å². The molecular formula is C14H22FN3O. The Morgan fingerprint density at radius 1 is 1.37 bits per heavy atom. The quantitative estimate of drug-likeness (QED) is 0.747. The lowest BCUT2D eigenvalue weighted by molar-refractivity contribution is -0.119. The molecule has 0 aliphatic rings. The Labute approximate surface area is 113 Å². The van der Waals surface area contributed by atoms with E-state index < -0.39 is 5.91 Å². The van der Waals surface area contributed by atoms with Crippen LogP contribution in [0.5, 0.6) is 0 Å². The highest BCUT2D eigenvalue weighted by molar-refractivity contribution is 5.75. The van der Waals surface area contributed by atoms with Crippen molar-refractivity contribution in [2.24, 2.45) is 11.5 Å². The van der Waals surface area contributed by atoms with Crippen LogP contribution in [0.15, 0.2) is 18.2 Å². The van der Waals surface area contributed by atoms with Crippen LogP contribution in [0, 0.1) is 5.82 Å². The molecule has 1 amide bonds. The molecule has 0 saturated carbocycles. The largest absolute Gasteiger partial charge is 0.369 e. The molecule has 0 aromatic heterocycles. The van der Waals surface area contributed by atoms with Gasteiger partial charge in [-0.25, -0.2) is 4.39 Å². The fraction of sp³-hybridized carbons (Fsp3) is 0.500. The molecule has 0 fully saturated rings. The Morgan fingerprint density at radius 2 is 2.05 bits per heavy atom. The van der Waals surface area contributed by atoms with E-state index >= 15 is 0 Å². The van der Waals surface area contributed by atoms with Crippen molar-refractivity contribution in [2.75, 3.05) is 13.1 Å². The Balaban J connectivity index is 2.80. The van der Waals surface area contributed by atoms with E-state index in [9.17, 15) is 9.18 Å². The Hall–Kier alpha value is -1.46. The number of nitrogens with two attached hydrogens (primary N) is 2. The fourth-order valence-corrected chi connectivity index (χ4v) is 1.97. The van der Waals surface area contributed by atoms with E-state index in [4.69, 9.17) is 11.5 Å². The summed E-state index contributed by atoms with van der Waals surface area (Å²) < 4.78 is 14.1. The second kappa shape index (κ2) is 7.86. The number of carbonyl (C=O) groups excluding carboxylic acids is 1. The van der Waals surface area contributed by atoms with E-state index in [-0.39, 0.29) is 18.9 Å². The smallest absolute Gasteiger partial charge is 0.231 e. The lowest BCUT2D eigenvalue weighted by Gasteiger charge is -2.21. The van der Waals surface area contributed by atoms with Gasteiger partial charge in [0, 0.05) is 24.2 Å². The standard InChI is InChI=1S/C14H22FN3O/c1-2-3-7-18(10-13(17)19)9-12-6-4-5-11(8-16)14(12)15/h4-6H,2-3,7-10,16H2,1H3,(H2,17,19). The van der Waals surface area contributed by atoms with Gasteiger partial charge in [-0.1, -0.05) is 31.5 Å². The van der Waals surface area contributed by atoms with Crippen LogP contribution in [-0.4, -0.2) is 23.9 Å². The first-order valence-electron chi connectivity index (χ1n) is 6.55. The van der Waals surface area contributed by atoms with E-state index in [1.165, 1.54) is 0 Å². The summed E-state index contributed by atoms with van der Waals surface area (Å²) in [4.78, 5) is 12.9. The third-order valence-corrected chi connectivity index (χ3v) is 2.98. The van der Waals surface area contributed by atoms with Gasteiger partial charge in [-0.05, 0) is 13.0 Å². The van der Waals surface area contributed by atoms with Crippen LogP contribution in [-0.2, 0) is 17.9 Å². The molecule has 4 N–H and O–H groups in total. The summed E-state index contributed by atoms with van der Waals surface area (Å²) in [7, 11) is 0. The third kappa shape index (κ3) is 4.96. The van der Waals surface area contributed by atoms with Gasteiger partial charge in [-0.15, -0.1) is 0 Å². The fourth-order valence-electron chi connectivity index (χ4n) is 1.97. The van der Waals surface area contributed by atoms with E-state index in [0.717, 1.165) is 19.4 Å². The van der Waals surface area contributed by atoms with Crippen molar-refractivity contribution < 1.29 is 9.18 Å². The molecule has 1 aromatic carbocycles. The first kappa shape index (κ1) is 15.6. The van der Waals surface area contributed by atoms with Crippen molar-refractivity contribution in [1.29, 1.82) is 0 Å². The second-order valence-corrected chi connectivity index (χ2v) is 4.62. The maximum atomic E-state index is 14.1. The summed E-state index contributed by atoms with van der Waals surface area (Å²) in [6.45, 7) is 3.49. The maximum absolute atomic E-state index is 14.1. The number of primary amides is 1. The summed E-state index contributed by atoms with van der Waals surface area (Å²) in [6, 6.07) is 5.17. The number of unbranched alkanes of at least 4 members (excludes halogenated alkanes) is 1. The van der Waals surface area contributed by atoms with E-state index in [1.54, 1.807) is 18.2 Å². The number of benzene rings is 1. The van der Waals surface area contributed by atoms with Crippen molar-refractivity contribution in [3.8, 4) is 0 Å². The Kier molecular flexibility index (Phi) is 6.45. The average molecular weight is 267 g/mol. The molecular weight excluding hydrogens is 245 g/mol. The topological polar surface area (TPSA) is 72.3 Å². The zero-order chi connectivity index (χ0) is 14.3. The SMILES string of the molecule is CCCCN(CC(N)=O)Cc1cccc(CN)c1F. The lowest BCUT2D eigenvalue weighted by atomic mass is 10.1. The Bertz CT molecular complexity index is 423. The molecule has 0 heterocycles. The van der Waals surface area contributed by atoms with E-state index in [1.807, 2.05) is 4.90 Å². The van der Waals surface area contributed by atoms with Gasteiger partial charge in [-0.2, -0.15) is 0 Å². The van der Waals surface area contributed by atoms with Crippen LogP contribution >= 0.6 is 0 Å². The van der Waals surface area contributed by atoms with Crippen LogP contribution in [0.25, 0.3) is 0 Å². The number of hydrogen-bond donors (Lipinski definition) is 2. The average Bonchev–Trinajstić information content (AvgIpc) is 2.37. The molecule has 0 spiro atoms. The molecule has 5 heteroatoms.